The number of anilines is 1. The summed E-state index contributed by atoms with van der Waals surface area (Å²) in [5.41, 5.74) is 1.11. The summed E-state index contributed by atoms with van der Waals surface area (Å²) in [4.78, 5) is 1.69. The van der Waals surface area contributed by atoms with Crippen molar-refractivity contribution in [2.45, 2.75) is 45.1 Å². The zero-order chi connectivity index (χ0) is 22.5. The number of nitrogens with zero attached hydrogens (tertiary/aromatic N) is 5. The van der Waals surface area contributed by atoms with E-state index in [4.69, 9.17) is 11.6 Å². The summed E-state index contributed by atoms with van der Waals surface area (Å²) in [6.07, 6.45) is -3.25. The van der Waals surface area contributed by atoms with E-state index in [1.54, 1.807) is 27.9 Å². The van der Waals surface area contributed by atoms with Crippen molar-refractivity contribution in [1.29, 1.82) is 0 Å². The molecule has 2 atom stereocenters. The molecule has 0 saturated carbocycles. The van der Waals surface area contributed by atoms with Gasteiger partial charge in [-0.15, -0.1) is 0 Å². The van der Waals surface area contributed by atoms with Crippen LogP contribution in [-0.4, -0.2) is 37.4 Å². The Labute approximate surface area is 180 Å². The zero-order valence-corrected chi connectivity index (χ0v) is 17.5. The van der Waals surface area contributed by atoms with Crippen LogP contribution in [0.5, 0.6) is 0 Å². The van der Waals surface area contributed by atoms with Crippen molar-refractivity contribution in [2.24, 2.45) is 0 Å². The average molecular weight is 458 g/mol. The van der Waals surface area contributed by atoms with Crippen LogP contribution in [-0.2, 0) is 12.6 Å². The first kappa shape index (κ1) is 21.6. The van der Waals surface area contributed by atoms with Crippen molar-refractivity contribution >= 4 is 17.3 Å². The summed E-state index contributed by atoms with van der Waals surface area (Å²) < 4.78 is 55.6. The lowest BCUT2D eigenvalue weighted by Gasteiger charge is -2.26. The molecule has 2 unspecified atom stereocenters. The van der Waals surface area contributed by atoms with E-state index in [1.165, 1.54) is 19.1 Å². The molecule has 0 spiro atoms. The number of alkyl halides is 3. The lowest BCUT2D eigenvalue weighted by atomic mass is 10.2. The van der Waals surface area contributed by atoms with Crippen molar-refractivity contribution in [1.82, 2.24) is 19.6 Å². The maximum Gasteiger partial charge on any atom is 0.436 e. The molecule has 1 saturated heterocycles. The third-order valence-electron chi connectivity index (χ3n) is 5.55. The summed E-state index contributed by atoms with van der Waals surface area (Å²) in [5, 5.41) is 18.6. The summed E-state index contributed by atoms with van der Waals surface area (Å²) in [7, 11) is 0. The molecule has 1 aliphatic heterocycles. The van der Waals surface area contributed by atoms with Crippen LogP contribution < -0.4 is 4.90 Å². The minimum absolute atomic E-state index is 0.151. The SMILES string of the molecule is CCc1c(N2CCC(n3nc(C(F)(F)F)c(Cl)c3C)C2O)cnn1-c1ccc(F)cc1. The number of benzene rings is 1. The molecular formula is C20H20ClF4N5O. The number of rotatable bonds is 4. The maximum atomic E-state index is 13.3. The van der Waals surface area contributed by atoms with E-state index in [0.29, 0.717) is 30.8 Å². The van der Waals surface area contributed by atoms with Gasteiger partial charge in [-0.2, -0.15) is 23.4 Å². The van der Waals surface area contributed by atoms with Gasteiger partial charge in [0.15, 0.2) is 5.69 Å². The average Bonchev–Trinajstić information content (AvgIpc) is 3.38. The molecule has 1 aliphatic rings. The van der Waals surface area contributed by atoms with E-state index in [1.807, 2.05) is 6.92 Å². The van der Waals surface area contributed by atoms with E-state index >= 15 is 0 Å². The molecule has 3 aromatic rings. The molecule has 6 nitrogen and oxygen atoms in total. The Hall–Kier alpha value is -2.59. The van der Waals surface area contributed by atoms with Crippen molar-refractivity contribution in [2.75, 3.05) is 11.4 Å². The van der Waals surface area contributed by atoms with Gasteiger partial charge in [0.05, 0.1) is 40.0 Å². The lowest BCUT2D eigenvalue weighted by molar-refractivity contribution is -0.141. The normalized spacial score (nSPS) is 19.4. The smallest absolute Gasteiger partial charge is 0.371 e. The van der Waals surface area contributed by atoms with Gasteiger partial charge in [0.1, 0.15) is 12.0 Å². The Bertz CT molecular complexity index is 1090. The Morgan fingerprint density at radius 2 is 1.90 bits per heavy atom. The van der Waals surface area contributed by atoms with Gasteiger partial charge in [-0.3, -0.25) is 4.68 Å². The Morgan fingerprint density at radius 3 is 2.48 bits per heavy atom. The Morgan fingerprint density at radius 1 is 1.23 bits per heavy atom. The monoisotopic (exact) mass is 457 g/mol. The van der Waals surface area contributed by atoms with Crippen LogP contribution in [0.2, 0.25) is 5.02 Å². The predicted octanol–water partition coefficient (Wildman–Crippen LogP) is 4.52. The second-order valence-electron chi connectivity index (χ2n) is 7.37. The lowest BCUT2D eigenvalue weighted by Crippen LogP contribution is -2.34. The summed E-state index contributed by atoms with van der Waals surface area (Å²) >= 11 is 5.87. The molecule has 0 radical (unpaired) electrons. The van der Waals surface area contributed by atoms with E-state index in [0.717, 1.165) is 10.4 Å². The Balaban J connectivity index is 1.66. The van der Waals surface area contributed by atoms with Gasteiger partial charge in [0, 0.05) is 6.54 Å². The quantitative estimate of drug-likeness (QED) is 0.585. The van der Waals surface area contributed by atoms with Gasteiger partial charge in [-0.05, 0) is 44.0 Å². The van der Waals surface area contributed by atoms with Gasteiger partial charge in [0.25, 0.3) is 0 Å². The largest absolute Gasteiger partial charge is 0.436 e. The van der Waals surface area contributed by atoms with Gasteiger partial charge in [0.2, 0.25) is 0 Å². The highest BCUT2D eigenvalue weighted by molar-refractivity contribution is 6.31. The first-order valence-electron chi connectivity index (χ1n) is 9.72. The molecule has 1 N–H and O–H groups in total. The van der Waals surface area contributed by atoms with Crippen LogP contribution in [0.15, 0.2) is 30.5 Å². The highest BCUT2D eigenvalue weighted by Crippen LogP contribution is 2.40. The first-order chi connectivity index (χ1) is 14.6. The van der Waals surface area contributed by atoms with Crippen LogP contribution in [0.4, 0.5) is 23.2 Å². The molecule has 166 valence electrons. The fourth-order valence-corrected chi connectivity index (χ4v) is 4.25. The second kappa shape index (κ2) is 7.83. The van der Waals surface area contributed by atoms with E-state index < -0.39 is 29.2 Å². The summed E-state index contributed by atoms with van der Waals surface area (Å²) in [6, 6.07) is 5.16. The van der Waals surface area contributed by atoms with Crippen molar-refractivity contribution in [3.05, 3.63) is 58.4 Å². The molecule has 1 fully saturated rings. The molecule has 1 aromatic carbocycles. The van der Waals surface area contributed by atoms with Crippen molar-refractivity contribution in [3.63, 3.8) is 0 Å². The van der Waals surface area contributed by atoms with Crippen molar-refractivity contribution in [3.8, 4) is 5.69 Å². The molecule has 0 bridgehead atoms. The summed E-state index contributed by atoms with van der Waals surface area (Å²) in [6.45, 7) is 3.77. The Kier molecular flexibility index (Phi) is 5.47. The second-order valence-corrected chi connectivity index (χ2v) is 7.75. The number of aromatic nitrogens is 4. The fourth-order valence-electron chi connectivity index (χ4n) is 4.02. The van der Waals surface area contributed by atoms with Crippen LogP contribution in [0, 0.1) is 12.7 Å². The third kappa shape index (κ3) is 3.67. The molecule has 11 heteroatoms. The third-order valence-corrected chi connectivity index (χ3v) is 6.00. The zero-order valence-electron chi connectivity index (χ0n) is 16.7. The molecule has 3 heterocycles. The first-order valence-corrected chi connectivity index (χ1v) is 10.1. The number of hydrogen-bond donors (Lipinski definition) is 1. The maximum absolute atomic E-state index is 13.3. The standard InChI is InChI=1S/C20H20ClF4N5O/c1-3-14-16(10-26-30(14)13-6-4-12(22)5-7-13)28-9-8-15(19(28)31)29-11(2)17(21)18(27-29)20(23,24)25/h4-7,10,15,19,31H,3,8-9H2,1-2H3. The van der Waals surface area contributed by atoms with Gasteiger partial charge in [-0.1, -0.05) is 18.5 Å². The highest BCUT2D eigenvalue weighted by atomic mass is 35.5. The van der Waals surface area contributed by atoms with Crippen LogP contribution >= 0.6 is 11.6 Å². The van der Waals surface area contributed by atoms with Crippen LogP contribution in [0.1, 0.15) is 36.5 Å². The molecule has 0 aliphatic carbocycles. The predicted molar refractivity (Wildman–Crippen MR) is 107 cm³/mol. The number of hydrogen-bond acceptors (Lipinski definition) is 4. The van der Waals surface area contributed by atoms with E-state index in [-0.39, 0.29) is 11.5 Å². The van der Waals surface area contributed by atoms with Crippen molar-refractivity contribution < 1.29 is 22.7 Å². The van der Waals surface area contributed by atoms with E-state index in [9.17, 15) is 22.7 Å². The number of aliphatic hydroxyl groups excluding tert-OH is 1. The van der Waals surface area contributed by atoms with Gasteiger partial charge in [-0.25, -0.2) is 9.07 Å². The number of halogens is 5. The molecule has 31 heavy (non-hydrogen) atoms. The highest BCUT2D eigenvalue weighted by Gasteiger charge is 2.42. The van der Waals surface area contributed by atoms with Gasteiger partial charge < -0.3 is 10.0 Å². The fraction of sp³-hybridized carbons (Fsp3) is 0.400. The summed E-state index contributed by atoms with van der Waals surface area (Å²) in [5.74, 6) is -0.363. The molecule has 2 aromatic heterocycles. The van der Waals surface area contributed by atoms with Gasteiger partial charge >= 0.3 is 6.18 Å². The molecule has 0 amide bonds. The molecule has 4 rings (SSSR count). The van der Waals surface area contributed by atoms with Crippen LogP contribution in [0.25, 0.3) is 5.69 Å². The molecular weight excluding hydrogens is 438 g/mol. The van der Waals surface area contributed by atoms with Crippen LogP contribution in [0.3, 0.4) is 0 Å². The minimum Gasteiger partial charge on any atom is -0.371 e. The topological polar surface area (TPSA) is 59.1 Å². The number of aliphatic hydroxyl groups is 1. The minimum atomic E-state index is -4.68. The van der Waals surface area contributed by atoms with E-state index in [2.05, 4.69) is 10.2 Å².